The van der Waals surface area contributed by atoms with E-state index >= 15 is 0 Å². The lowest BCUT2D eigenvalue weighted by Crippen LogP contribution is -2.53. The molecule has 0 saturated carbocycles. The van der Waals surface area contributed by atoms with Crippen LogP contribution in [0.1, 0.15) is 6.92 Å². The average Bonchev–Trinajstić information content (AvgIpc) is 2.26. The molecule has 1 unspecified atom stereocenters. The van der Waals surface area contributed by atoms with Crippen molar-refractivity contribution < 1.29 is 18.3 Å². The van der Waals surface area contributed by atoms with Crippen LogP contribution >= 0.6 is 11.6 Å². The average molecular weight is 305 g/mol. The Morgan fingerprint density at radius 2 is 2.21 bits per heavy atom. The summed E-state index contributed by atoms with van der Waals surface area (Å²) in [5.41, 5.74) is 0. The Morgan fingerprint density at radius 1 is 1.58 bits per heavy atom. The Hall–Kier alpha value is -1.18. The van der Waals surface area contributed by atoms with Gasteiger partial charge in [-0.15, -0.1) is 0 Å². The second kappa shape index (κ2) is 5.07. The molecule has 0 radical (unpaired) electrons. The number of carbonyl (C=O) groups is 1. The summed E-state index contributed by atoms with van der Waals surface area (Å²) < 4.78 is 25.7. The van der Waals surface area contributed by atoms with Gasteiger partial charge in [0.25, 0.3) is 0 Å². The van der Waals surface area contributed by atoms with Crippen LogP contribution in [0.3, 0.4) is 0 Å². The van der Waals surface area contributed by atoms with Crippen LogP contribution < -0.4 is 0 Å². The first kappa shape index (κ1) is 14.2. The van der Waals surface area contributed by atoms with Crippen molar-refractivity contribution in [2.24, 2.45) is 11.8 Å². The number of sulfonamides is 1. The third-order valence-corrected chi connectivity index (χ3v) is 5.59. The topological polar surface area (TPSA) is 87.6 Å². The summed E-state index contributed by atoms with van der Waals surface area (Å²) in [6, 6.07) is 2.88. The van der Waals surface area contributed by atoms with E-state index in [1.54, 1.807) is 6.92 Å². The normalized spacial score (nSPS) is 18.8. The second-order valence-corrected chi connectivity index (χ2v) is 6.77. The number of halogens is 1. The maximum absolute atomic E-state index is 12.2. The largest absolute Gasteiger partial charge is 0.481 e. The summed E-state index contributed by atoms with van der Waals surface area (Å²) in [7, 11) is -3.68. The Labute approximate surface area is 116 Å². The van der Waals surface area contributed by atoms with Crippen molar-refractivity contribution in [3.63, 3.8) is 0 Å². The van der Waals surface area contributed by atoms with Crippen LogP contribution in [0, 0.1) is 11.8 Å². The predicted molar refractivity (Wildman–Crippen MR) is 68.3 cm³/mol. The van der Waals surface area contributed by atoms with Crippen LogP contribution in [0.4, 0.5) is 0 Å². The van der Waals surface area contributed by atoms with Gasteiger partial charge in [-0.3, -0.25) is 4.79 Å². The van der Waals surface area contributed by atoms with Crippen LogP contribution in [0.25, 0.3) is 0 Å². The zero-order chi connectivity index (χ0) is 14.2. The van der Waals surface area contributed by atoms with Gasteiger partial charge < -0.3 is 5.11 Å². The Morgan fingerprint density at radius 3 is 2.74 bits per heavy atom. The Kier molecular flexibility index (Phi) is 3.80. The number of carboxylic acid groups (broad SMARTS) is 1. The van der Waals surface area contributed by atoms with Crippen LogP contribution in [0.5, 0.6) is 0 Å². The fourth-order valence-corrected chi connectivity index (χ4v) is 3.87. The molecule has 2 heterocycles. The standard InChI is InChI=1S/C11H13ClN2O4S/c1-7(11(15)16)8-5-14(6-8)19(17,18)9-3-2-4-13-10(9)12/h2-4,7-8H,5-6H2,1H3,(H,15,16). The van der Waals surface area contributed by atoms with Gasteiger partial charge in [-0.05, 0) is 18.1 Å². The molecule has 1 atom stereocenters. The number of aliphatic carboxylic acids is 1. The third kappa shape index (κ3) is 2.58. The molecular formula is C11H13ClN2O4S. The number of aromatic nitrogens is 1. The molecule has 1 saturated heterocycles. The summed E-state index contributed by atoms with van der Waals surface area (Å²) in [4.78, 5) is 14.5. The first-order chi connectivity index (χ1) is 8.84. The lowest BCUT2D eigenvalue weighted by molar-refractivity contribution is -0.144. The molecule has 0 spiro atoms. The van der Waals surface area contributed by atoms with E-state index < -0.39 is 21.9 Å². The van der Waals surface area contributed by atoms with E-state index in [1.807, 2.05) is 0 Å². The van der Waals surface area contributed by atoms with E-state index in [9.17, 15) is 13.2 Å². The van der Waals surface area contributed by atoms with Crippen LogP contribution in [0.15, 0.2) is 23.2 Å². The van der Waals surface area contributed by atoms with E-state index in [1.165, 1.54) is 22.6 Å². The minimum atomic E-state index is -3.68. The van der Waals surface area contributed by atoms with Crippen molar-refractivity contribution >= 4 is 27.6 Å². The highest BCUT2D eigenvalue weighted by Crippen LogP contribution is 2.31. The fraction of sp³-hybridized carbons (Fsp3) is 0.455. The summed E-state index contributed by atoms with van der Waals surface area (Å²) >= 11 is 5.77. The van der Waals surface area contributed by atoms with E-state index in [2.05, 4.69) is 4.98 Å². The van der Waals surface area contributed by atoms with Gasteiger partial charge in [-0.1, -0.05) is 18.5 Å². The van der Waals surface area contributed by atoms with Crippen LogP contribution in [-0.2, 0) is 14.8 Å². The smallest absolute Gasteiger partial charge is 0.306 e. The van der Waals surface area contributed by atoms with E-state index in [-0.39, 0.29) is 29.1 Å². The SMILES string of the molecule is CC(C(=O)O)C1CN(S(=O)(=O)c2cccnc2Cl)C1. The van der Waals surface area contributed by atoms with Crippen LogP contribution in [-0.4, -0.2) is 41.9 Å². The maximum Gasteiger partial charge on any atom is 0.306 e. The Bertz CT molecular complexity index is 598. The molecule has 6 nitrogen and oxygen atoms in total. The van der Waals surface area contributed by atoms with Gasteiger partial charge in [-0.25, -0.2) is 13.4 Å². The molecule has 8 heteroatoms. The predicted octanol–water partition coefficient (Wildman–Crippen LogP) is 1.08. The zero-order valence-corrected chi connectivity index (χ0v) is 11.7. The summed E-state index contributed by atoms with van der Waals surface area (Å²) in [6.07, 6.45) is 1.41. The lowest BCUT2D eigenvalue weighted by atomic mass is 9.89. The van der Waals surface area contributed by atoms with Gasteiger partial charge in [-0.2, -0.15) is 4.31 Å². The van der Waals surface area contributed by atoms with Crippen molar-refractivity contribution in [2.45, 2.75) is 11.8 Å². The first-order valence-electron chi connectivity index (χ1n) is 5.67. The van der Waals surface area contributed by atoms with Gasteiger partial charge in [0.05, 0.1) is 5.92 Å². The molecule has 0 aliphatic carbocycles. The molecule has 1 N–H and O–H groups in total. The summed E-state index contributed by atoms with van der Waals surface area (Å²) in [5.74, 6) is -1.64. The molecule has 104 valence electrons. The first-order valence-corrected chi connectivity index (χ1v) is 7.49. The molecular weight excluding hydrogens is 292 g/mol. The number of rotatable bonds is 4. The molecule has 1 aliphatic heterocycles. The van der Waals surface area contributed by atoms with Gasteiger partial charge in [0, 0.05) is 19.3 Å². The molecule has 1 aromatic rings. The highest BCUT2D eigenvalue weighted by atomic mass is 35.5. The number of nitrogens with zero attached hydrogens (tertiary/aromatic N) is 2. The minimum absolute atomic E-state index is 0.0434. The second-order valence-electron chi connectivity index (χ2n) is 4.50. The van der Waals surface area contributed by atoms with E-state index in [0.29, 0.717) is 0 Å². The summed E-state index contributed by atoms with van der Waals surface area (Å²) in [6.45, 7) is 1.97. The summed E-state index contributed by atoms with van der Waals surface area (Å²) in [5, 5.41) is 8.80. The monoisotopic (exact) mass is 304 g/mol. The van der Waals surface area contributed by atoms with Crippen molar-refractivity contribution in [1.82, 2.24) is 9.29 Å². The number of carboxylic acids is 1. The van der Waals surface area contributed by atoms with Gasteiger partial charge >= 0.3 is 5.97 Å². The molecule has 1 aromatic heterocycles. The van der Waals surface area contributed by atoms with Gasteiger partial charge in [0.2, 0.25) is 10.0 Å². The quantitative estimate of drug-likeness (QED) is 0.841. The van der Waals surface area contributed by atoms with E-state index in [4.69, 9.17) is 16.7 Å². The molecule has 0 amide bonds. The maximum atomic E-state index is 12.2. The molecule has 19 heavy (non-hydrogen) atoms. The molecule has 1 fully saturated rings. The number of hydrogen-bond donors (Lipinski definition) is 1. The Balaban J connectivity index is 2.13. The van der Waals surface area contributed by atoms with E-state index in [0.717, 1.165) is 0 Å². The molecule has 2 rings (SSSR count). The van der Waals surface area contributed by atoms with Crippen molar-refractivity contribution in [3.8, 4) is 0 Å². The highest BCUT2D eigenvalue weighted by Gasteiger charge is 2.41. The lowest BCUT2D eigenvalue weighted by Gasteiger charge is -2.39. The fourth-order valence-electron chi connectivity index (χ4n) is 1.89. The highest BCUT2D eigenvalue weighted by molar-refractivity contribution is 7.89. The van der Waals surface area contributed by atoms with Gasteiger partial charge in [0.15, 0.2) is 0 Å². The zero-order valence-electron chi connectivity index (χ0n) is 10.2. The van der Waals surface area contributed by atoms with Crippen molar-refractivity contribution in [1.29, 1.82) is 0 Å². The molecule has 0 aromatic carbocycles. The minimum Gasteiger partial charge on any atom is -0.481 e. The third-order valence-electron chi connectivity index (χ3n) is 3.32. The van der Waals surface area contributed by atoms with Crippen LogP contribution in [0.2, 0.25) is 5.15 Å². The molecule has 1 aliphatic rings. The molecule has 0 bridgehead atoms. The number of hydrogen-bond acceptors (Lipinski definition) is 4. The van der Waals surface area contributed by atoms with Crippen molar-refractivity contribution in [3.05, 3.63) is 23.5 Å². The number of pyridine rings is 1. The van der Waals surface area contributed by atoms with Crippen molar-refractivity contribution in [2.75, 3.05) is 13.1 Å². The van der Waals surface area contributed by atoms with Gasteiger partial charge in [0.1, 0.15) is 10.0 Å².